The van der Waals surface area contributed by atoms with Gasteiger partial charge in [0.2, 0.25) is 0 Å². The maximum Gasteiger partial charge on any atom is 0.350 e. The smallest absolute Gasteiger partial charge is 0.350 e. The summed E-state index contributed by atoms with van der Waals surface area (Å²) in [4.78, 5) is 19.8. The lowest BCUT2D eigenvalue weighted by Crippen LogP contribution is -2.08. The van der Waals surface area contributed by atoms with E-state index in [2.05, 4.69) is 35.7 Å². The molecule has 5 rings (SSSR count). The van der Waals surface area contributed by atoms with Crippen molar-refractivity contribution in [3.05, 3.63) is 57.8 Å². The molecule has 0 atom stereocenters. The van der Waals surface area contributed by atoms with Crippen LogP contribution in [-0.2, 0) is 17.6 Å². The summed E-state index contributed by atoms with van der Waals surface area (Å²) in [6.07, 6.45) is 1.88. The number of pyridine rings is 1. The number of rotatable bonds is 3. The highest BCUT2D eigenvalue weighted by molar-refractivity contribution is 7.21. The number of hydrogen-bond donors (Lipinski definition) is 1. The highest BCUT2D eigenvalue weighted by atomic mass is 32.1. The van der Waals surface area contributed by atoms with Crippen LogP contribution in [0.3, 0.4) is 0 Å². The van der Waals surface area contributed by atoms with Crippen LogP contribution >= 0.6 is 22.7 Å². The first kappa shape index (κ1) is 17.4. The first-order chi connectivity index (χ1) is 13.7. The maximum atomic E-state index is 12.4. The van der Waals surface area contributed by atoms with E-state index in [1.165, 1.54) is 28.0 Å². The molecule has 3 heterocycles. The van der Waals surface area contributed by atoms with E-state index >= 15 is 0 Å². The Balaban J connectivity index is 1.87. The quantitative estimate of drug-likeness (QED) is 0.453. The fourth-order valence-corrected chi connectivity index (χ4v) is 5.73. The second kappa shape index (κ2) is 6.72. The molecule has 0 aliphatic heterocycles. The van der Waals surface area contributed by atoms with Crippen LogP contribution in [0.4, 0.5) is 5.69 Å². The van der Waals surface area contributed by atoms with Gasteiger partial charge in [0.15, 0.2) is 0 Å². The van der Waals surface area contributed by atoms with Crippen LogP contribution in [0.25, 0.3) is 31.9 Å². The third kappa shape index (κ3) is 2.56. The molecular weight excluding hydrogens is 388 g/mol. The van der Waals surface area contributed by atoms with Crippen molar-refractivity contribution in [1.29, 1.82) is 0 Å². The zero-order valence-electron chi connectivity index (χ0n) is 15.3. The van der Waals surface area contributed by atoms with Crippen LogP contribution < -0.4 is 5.73 Å². The summed E-state index contributed by atoms with van der Waals surface area (Å²) in [6, 6.07) is 12.6. The summed E-state index contributed by atoms with van der Waals surface area (Å²) in [5.41, 5.74) is 12.8. The number of ether oxygens (including phenoxy) is 1. The molecule has 1 aliphatic carbocycles. The van der Waals surface area contributed by atoms with E-state index in [9.17, 15) is 4.79 Å². The summed E-state index contributed by atoms with van der Waals surface area (Å²) in [6.45, 7) is 2.12. The predicted molar refractivity (Wildman–Crippen MR) is 116 cm³/mol. The number of hydrogen-bond acceptors (Lipinski definition) is 6. The molecule has 0 fully saturated rings. The van der Waals surface area contributed by atoms with E-state index in [0.717, 1.165) is 39.2 Å². The topological polar surface area (TPSA) is 65.2 Å². The van der Waals surface area contributed by atoms with E-state index in [-0.39, 0.29) is 5.97 Å². The average molecular weight is 407 g/mol. The molecule has 0 bridgehead atoms. The Kier molecular flexibility index (Phi) is 4.18. The molecule has 0 saturated carbocycles. The van der Waals surface area contributed by atoms with E-state index in [1.54, 1.807) is 18.3 Å². The molecule has 0 spiro atoms. The number of nitrogen functional groups attached to an aromatic ring is 1. The van der Waals surface area contributed by atoms with Crippen molar-refractivity contribution < 1.29 is 9.53 Å². The summed E-state index contributed by atoms with van der Waals surface area (Å²) in [5, 5.41) is 2.95. The van der Waals surface area contributed by atoms with Crippen molar-refractivity contribution in [2.24, 2.45) is 0 Å². The standard InChI is InChI=1S/C22H18N2O2S2/c1-2-26-22(25)20-18(23)17-16(15-8-5-11-27-15)14-10-9-12-6-3-4-7-13(12)19(14)24-21(17)28-20/h3-8,11H,2,9-10,23H2,1H3. The average Bonchev–Trinajstić information content (AvgIpc) is 3.35. The van der Waals surface area contributed by atoms with Crippen LogP contribution in [0, 0.1) is 0 Å². The molecule has 1 aliphatic rings. The van der Waals surface area contributed by atoms with Gasteiger partial charge in [-0.05, 0) is 42.3 Å². The van der Waals surface area contributed by atoms with Gasteiger partial charge in [-0.15, -0.1) is 22.7 Å². The Morgan fingerprint density at radius 1 is 1.21 bits per heavy atom. The molecule has 140 valence electrons. The summed E-state index contributed by atoms with van der Waals surface area (Å²) in [7, 11) is 0. The Labute approximate surface area is 170 Å². The SMILES string of the molecule is CCOC(=O)c1sc2nc3c(c(-c4cccs4)c2c1N)CCc1ccccc1-3. The van der Waals surface area contributed by atoms with E-state index < -0.39 is 0 Å². The fourth-order valence-electron chi connectivity index (χ4n) is 3.93. The van der Waals surface area contributed by atoms with Gasteiger partial charge in [0.05, 0.1) is 18.0 Å². The number of nitrogens with two attached hydrogens (primary N) is 1. The van der Waals surface area contributed by atoms with Crippen molar-refractivity contribution in [3.63, 3.8) is 0 Å². The van der Waals surface area contributed by atoms with Crippen LogP contribution in [0.1, 0.15) is 27.7 Å². The van der Waals surface area contributed by atoms with Gasteiger partial charge in [0.25, 0.3) is 0 Å². The zero-order chi connectivity index (χ0) is 19.3. The third-order valence-electron chi connectivity index (χ3n) is 5.12. The van der Waals surface area contributed by atoms with E-state index in [0.29, 0.717) is 17.2 Å². The van der Waals surface area contributed by atoms with Crippen molar-refractivity contribution in [3.8, 4) is 21.7 Å². The number of carbonyl (C=O) groups excluding carboxylic acids is 1. The number of aryl methyl sites for hydroxylation is 1. The first-order valence-corrected chi connectivity index (χ1v) is 10.9. The van der Waals surface area contributed by atoms with Gasteiger partial charge >= 0.3 is 5.97 Å². The molecule has 6 heteroatoms. The molecular formula is C22H18N2O2S2. The second-order valence-corrected chi connectivity index (χ2v) is 8.64. The number of nitrogens with zero attached hydrogens (tertiary/aromatic N) is 1. The number of fused-ring (bicyclic) bond motifs is 4. The highest BCUT2D eigenvalue weighted by Crippen LogP contribution is 2.47. The highest BCUT2D eigenvalue weighted by Gasteiger charge is 2.28. The largest absolute Gasteiger partial charge is 0.462 e. The second-order valence-electron chi connectivity index (χ2n) is 6.69. The van der Waals surface area contributed by atoms with Crippen LogP contribution in [0.5, 0.6) is 0 Å². The minimum absolute atomic E-state index is 0.321. The summed E-state index contributed by atoms with van der Waals surface area (Å²) in [5.74, 6) is -0.376. The molecule has 0 amide bonds. The molecule has 0 radical (unpaired) electrons. The number of esters is 1. The Morgan fingerprint density at radius 2 is 2.07 bits per heavy atom. The molecule has 4 aromatic rings. The van der Waals surface area contributed by atoms with Crippen LogP contribution in [0.15, 0.2) is 41.8 Å². The lowest BCUT2D eigenvalue weighted by molar-refractivity contribution is 0.0533. The number of benzene rings is 1. The Hall–Kier alpha value is -2.70. The molecule has 4 nitrogen and oxygen atoms in total. The van der Waals surface area contributed by atoms with E-state index in [4.69, 9.17) is 15.5 Å². The predicted octanol–water partition coefficient (Wildman–Crippen LogP) is 5.55. The third-order valence-corrected chi connectivity index (χ3v) is 7.09. The molecule has 0 unspecified atom stereocenters. The summed E-state index contributed by atoms with van der Waals surface area (Å²) < 4.78 is 5.22. The van der Waals surface area contributed by atoms with Crippen molar-refractivity contribution in [2.75, 3.05) is 12.3 Å². The van der Waals surface area contributed by atoms with Crippen molar-refractivity contribution >= 4 is 44.5 Å². The Morgan fingerprint density at radius 3 is 2.86 bits per heavy atom. The lowest BCUT2D eigenvalue weighted by Gasteiger charge is -2.22. The number of anilines is 1. The van der Waals surface area contributed by atoms with E-state index in [1.807, 2.05) is 6.07 Å². The number of aromatic nitrogens is 1. The lowest BCUT2D eigenvalue weighted by atomic mass is 9.85. The fraction of sp³-hybridized carbons (Fsp3) is 0.182. The molecule has 2 N–H and O–H groups in total. The zero-order valence-corrected chi connectivity index (χ0v) is 17.0. The summed E-state index contributed by atoms with van der Waals surface area (Å²) >= 11 is 3.01. The van der Waals surface area contributed by atoms with Gasteiger partial charge in [-0.2, -0.15) is 0 Å². The van der Waals surface area contributed by atoms with Gasteiger partial charge in [0.1, 0.15) is 9.71 Å². The van der Waals surface area contributed by atoms with Gasteiger partial charge in [-0.25, -0.2) is 9.78 Å². The van der Waals surface area contributed by atoms with Crippen molar-refractivity contribution in [2.45, 2.75) is 19.8 Å². The van der Waals surface area contributed by atoms with Crippen molar-refractivity contribution in [1.82, 2.24) is 4.98 Å². The molecule has 0 saturated heterocycles. The maximum absolute atomic E-state index is 12.4. The normalized spacial score (nSPS) is 12.6. The minimum Gasteiger partial charge on any atom is -0.462 e. The van der Waals surface area contributed by atoms with Crippen LogP contribution in [-0.4, -0.2) is 17.6 Å². The monoisotopic (exact) mass is 406 g/mol. The van der Waals surface area contributed by atoms with Crippen LogP contribution in [0.2, 0.25) is 0 Å². The first-order valence-electron chi connectivity index (χ1n) is 9.23. The number of thiophene rings is 2. The molecule has 1 aromatic carbocycles. The molecule has 3 aromatic heterocycles. The minimum atomic E-state index is -0.376. The number of carbonyl (C=O) groups is 1. The molecule has 28 heavy (non-hydrogen) atoms. The van der Waals surface area contributed by atoms with Gasteiger partial charge in [0, 0.05) is 21.4 Å². The van der Waals surface area contributed by atoms with Gasteiger partial charge in [-0.1, -0.05) is 30.3 Å². The van der Waals surface area contributed by atoms with Gasteiger partial charge in [-0.3, -0.25) is 0 Å². The van der Waals surface area contributed by atoms with Gasteiger partial charge < -0.3 is 10.5 Å². The Bertz CT molecular complexity index is 1210.